The van der Waals surface area contributed by atoms with Gasteiger partial charge in [-0.05, 0) is 51.7 Å². The van der Waals surface area contributed by atoms with E-state index in [9.17, 15) is 4.39 Å². The summed E-state index contributed by atoms with van der Waals surface area (Å²) in [6.07, 6.45) is 0. The summed E-state index contributed by atoms with van der Waals surface area (Å²) >= 11 is 0. The summed E-state index contributed by atoms with van der Waals surface area (Å²) in [6.45, 7) is 9.56. The zero-order valence-corrected chi connectivity index (χ0v) is 11.5. The van der Waals surface area contributed by atoms with E-state index in [-0.39, 0.29) is 5.69 Å². The summed E-state index contributed by atoms with van der Waals surface area (Å²) in [5, 5.41) is 0. The molecule has 0 spiro atoms. The van der Waals surface area contributed by atoms with Crippen molar-refractivity contribution in [3.05, 3.63) is 23.5 Å². The van der Waals surface area contributed by atoms with Crippen molar-refractivity contribution in [3.63, 3.8) is 0 Å². The number of nitrogens with two attached hydrogens (primary N) is 1. The van der Waals surface area contributed by atoms with Crippen LogP contribution in [0.2, 0.25) is 0 Å². The maximum Gasteiger partial charge on any atom is 0.495 e. The number of anilines is 1. The molecule has 1 aromatic carbocycles. The topological polar surface area (TPSA) is 44.5 Å². The average molecular weight is 251 g/mol. The Morgan fingerprint density at radius 2 is 1.61 bits per heavy atom. The SMILES string of the molecule is Cc1c(B2OC(C)(C)C(C)(C)O2)ccc(N)c1F. The van der Waals surface area contributed by atoms with Gasteiger partial charge in [0.1, 0.15) is 5.82 Å². The maximum atomic E-state index is 13.8. The van der Waals surface area contributed by atoms with Gasteiger partial charge in [0.15, 0.2) is 0 Å². The fraction of sp³-hybridized carbons (Fsp3) is 0.538. The molecule has 0 bridgehead atoms. The molecule has 3 nitrogen and oxygen atoms in total. The van der Waals surface area contributed by atoms with E-state index in [1.54, 1.807) is 19.1 Å². The molecule has 0 unspecified atom stereocenters. The fourth-order valence-corrected chi connectivity index (χ4v) is 1.95. The van der Waals surface area contributed by atoms with Crippen molar-refractivity contribution < 1.29 is 13.7 Å². The number of benzene rings is 1. The Hall–Kier alpha value is -1.07. The lowest BCUT2D eigenvalue weighted by Gasteiger charge is -2.32. The molecule has 0 atom stereocenters. The van der Waals surface area contributed by atoms with Crippen LogP contribution in [0.4, 0.5) is 10.1 Å². The third-order valence-corrected chi connectivity index (χ3v) is 3.97. The van der Waals surface area contributed by atoms with Crippen molar-refractivity contribution in [2.45, 2.75) is 45.8 Å². The Morgan fingerprint density at radius 1 is 1.11 bits per heavy atom. The van der Waals surface area contributed by atoms with Gasteiger partial charge in [0, 0.05) is 0 Å². The zero-order chi connectivity index (χ0) is 13.7. The summed E-state index contributed by atoms with van der Waals surface area (Å²) in [6, 6.07) is 3.30. The summed E-state index contributed by atoms with van der Waals surface area (Å²) in [5.74, 6) is -0.401. The normalized spacial score (nSPS) is 21.3. The van der Waals surface area contributed by atoms with E-state index in [1.807, 2.05) is 27.7 Å². The molecule has 1 saturated heterocycles. The van der Waals surface area contributed by atoms with Crippen LogP contribution in [0.1, 0.15) is 33.3 Å². The molecule has 5 heteroatoms. The second-order valence-corrected chi connectivity index (χ2v) is 5.77. The molecule has 1 aromatic rings. The largest absolute Gasteiger partial charge is 0.495 e. The van der Waals surface area contributed by atoms with Crippen LogP contribution in [-0.4, -0.2) is 18.3 Å². The van der Waals surface area contributed by atoms with Gasteiger partial charge in [-0.3, -0.25) is 0 Å². The van der Waals surface area contributed by atoms with E-state index in [0.717, 1.165) is 0 Å². The highest BCUT2D eigenvalue weighted by Crippen LogP contribution is 2.36. The van der Waals surface area contributed by atoms with Gasteiger partial charge in [-0.15, -0.1) is 0 Å². The van der Waals surface area contributed by atoms with Gasteiger partial charge in [0.05, 0.1) is 16.9 Å². The highest BCUT2D eigenvalue weighted by Gasteiger charge is 2.52. The smallest absolute Gasteiger partial charge is 0.399 e. The van der Waals surface area contributed by atoms with Gasteiger partial charge in [0.2, 0.25) is 0 Å². The molecule has 2 rings (SSSR count). The fourth-order valence-electron chi connectivity index (χ4n) is 1.95. The predicted molar refractivity (Wildman–Crippen MR) is 71.3 cm³/mol. The van der Waals surface area contributed by atoms with Crippen LogP contribution in [0.15, 0.2) is 12.1 Å². The minimum Gasteiger partial charge on any atom is -0.399 e. The van der Waals surface area contributed by atoms with E-state index < -0.39 is 24.1 Å². The first-order chi connectivity index (χ1) is 8.16. The van der Waals surface area contributed by atoms with E-state index in [2.05, 4.69) is 0 Å². The van der Waals surface area contributed by atoms with E-state index in [4.69, 9.17) is 15.0 Å². The Morgan fingerprint density at radius 3 is 2.11 bits per heavy atom. The summed E-state index contributed by atoms with van der Waals surface area (Å²) in [7, 11) is -0.551. The molecule has 0 saturated carbocycles. The molecule has 1 fully saturated rings. The second kappa shape index (κ2) is 3.97. The van der Waals surface area contributed by atoms with Gasteiger partial charge in [0.25, 0.3) is 0 Å². The molecule has 98 valence electrons. The summed E-state index contributed by atoms with van der Waals surface area (Å²) < 4.78 is 25.6. The van der Waals surface area contributed by atoms with Crippen molar-refractivity contribution >= 4 is 18.3 Å². The van der Waals surface area contributed by atoms with Crippen LogP contribution in [0.5, 0.6) is 0 Å². The lowest BCUT2D eigenvalue weighted by atomic mass is 9.76. The van der Waals surface area contributed by atoms with Crippen LogP contribution in [-0.2, 0) is 9.31 Å². The molecule has 0 aliphatic carbocycles. The van der Waals surface area contributed by atoms with Crippen LogP contribution < -0.4 is 11.2 Å². The average Bonchev–Trinajstić information content (AvgIpc) is 2.45. The van der Waals surface area contributed by atoms with Gasteiger partial charge >= 0.3 is 7.12 Å². The molecule has 1 heterocycles. The van der Waals surface area contributed by atoms with Crippen molar-refractivity contribution in [1.29, 1.82) is 0 Å². The number of rotatable bonds is 1. The first-order valence-electron chi connectivity index (χ1n) is 6.06. The minimum atomic E-state index is -0.551. The molecular weight excluding hydrogens is 232 g/mol. The maximum absolute atomic E-state index is 13.8. The molecule has 2 N–H and O–H groups in total. The minimum absolute atomic E-state index is 0.146. The zero-order valence-electron chi connectivity index (χ0n) is 11.5. The second-order valence-electron chi connectivity index (χ2n) is 5.77. The Kier molecular flexibility index (Phi) is 2.95. The number of halogens is 1. The van der Waals surface area contributed by atoms with Gasteiger partial charge in [-0.1, -0.05) is 6.07 Å². The predicted octanol–water partition coefficient (Wildman–Crippen LogP) is 2.02. The lowest BCUT2D eigenvalue weighted by molar-refractivity contribution is 0.00578. The third kappa shape index (κ3) is 1.91. The monoisotopic (exact) mass is 251 g/mol. The summed E-state index contributed by atoms with van der Waals surface area (Å²) in [5.41, 5.74) is 6.00. The molecule has 0 radical (unpaired) electrons. The number of nitrogen functional groups attached to an aromatic ring is 1. The number of hydrogen-bond acceptors (Lipinski definition) is 3. The molecule has 0 aromatic heterocycles. The van der Waals surface area contributed by atoms with Gasteiger partial charge in [-0.25, -0.2) is 4.39 Å². The van der Waals surface area contributed by atoms with E-state index in [0.29, 0.717) is 11.0 Å². The van der Waals surface area contributed by atoms with Crippen LogP contribution in [0.25, 0.3) is 0 Å². The quantitative estimate of drug-likeness (QED) is 0.613. The standard InChI is InChI=1S/C13H19BFNO2/c1-8-9(6-7-10(16)11(8)15)14-17-12(2,3)13(4,5)18-14/h6-7H,16H2,1-5H3. The van der Waals surface area contributed by atoms with Crippen LogP contribution >= 0.6 is 0 Å². The van der Waals surface area contributed by atoms with Crippen molar-refractivity contribution in [2.24, 2.45) is 0 Å². The van der Waals surface area contributed by atoms with Gasteiger partial charge in [-0.2, -0.15) is 0 Å². The molecule has 1 aliphatic rings. The van der Waals surface area contributed by atoms with E-state index in [1.165, 1.54) is 0 Å². The summed E-state index contributed by atoms with van der Waals surface area (Å²) in [4.78, 5) is 0. The molecule has 18 heavy (non-hydrogen) atoms. The Balaban J connectivity index is 2.39. The van der Waals surface area contributed by atoms with Crippen molar-refractivity contribution in [2.75, 3.05) is 5.73 Å². The van der Waals surface area contributed by atoms with Crippen molar-refractivity contribution in [3.8, 4) is 0 Å². The van der Waals surface area contributed by atoms with E-state index >= 15 is 0 Å². The van der Waals surface area contributed by atoms with Crippen LogP contribution in [0.3, 0.4) is 0 Å². The third-order valence-electron chi connectivity index (χ3n) is 3.97. The Bertz CT molecular complexity index is 472. The number of hydrogen-bond donors (Lipinski definition) is 1. The lowest BCUT2D eigenvalue weighted by Crippen LogP contribution is -2.41. The van der Waals surface area contributed by atoms with Crippen LogP contribution in [0, 0.1) is 12.7 Å². The highest BCUT2D eigenvalue weighted by atomic mass is 19.1. The molecule has 0 amide bonds. The molecular formula is C13H19BFNO2. The first-order valence-corrected chi connectivity index (χ1v) is 6.06. The van der Waals surface area contributed by atoms with Crippen molar-refractivity contribution in [1.82, 2.24) is 0 Å². The van der Waals surface area contributed by atoms with Gasteiger partial charge < -0.3 is 15.0 Å². The first kappa shape index (κ1) is 13.4. The Labute approximate surface area is 108 Å². The highest BCUT2D eigenvalue weighted by molar-refractivity contribution is 6.62. The molecule has 1 aliphatic heterocycles.